The predicted molar refractivity (Wildman–Crippen MR) is 67.1 cm³/mol. The largest absolute Gasteiger partial charge is 0.480 e. The maximum absolute atomic E-state index is 11.5. The van der Waals surface area contributed by atoms with Crippen LogP contribution < -0.4 is 5.56 Å². The number of rotatable bonds is 3. The first-order chi connectivity index (χ1) is 8.56. The van der Waals surface area contributed by atoms with Crippen LogP contribution in [0.2, 0.25) is 0 Å². The highest BCUT2D eigenvalue weighted by atomic mass is 16.4. The van der Waals surface area contributed by atoms with Gasteiger partial charge in [0.25, 0.3) is 5.56 Å². The van der Waals surface area contributed by atoms with Crippen molar-refractivity contribution in [1.29, 1.82) is 0 Å². The predicted octanol–water partition coefficient (Wildman–Crippen LogP) is 1.53. The third-order valence-corrected chi connectivity index (χ3v) is 3.15. The Morgan fingerprint density at radius 2 is 2.33 bits per heavy atom. The summed E-state index contributed by atoms with van der Waals surface area (Å²) in [5.41, 5.74) is 1.43. The Labute approximate surface area is 105 Å². The van der Waals surface area contributed by atoms with Gasteiger partial charge in [-0.25, -0.2) is 4.68 Å². The fraction of sp³-hybridized carbons (Fsp3) is 0.462. The molecule has 18 heavy (non-hydrogen) atoms. The van der Waals surface area contributed by atoms with E-state index in [2.05, 4.69) is 18.1 Å². The smallest absolute Gasteiger partial charge is 0.325 e. The summed E-state index contributed by atoms with van der Waals surface area (Å²) in [5, 5.41) is 12.8. The lowest BCUT2D eigenvalue weighted by atomic mass is 9.90. The van der Waals surface area contributed by atoms with Crippen molar-refractivity contribution in [2.45, 2.75) is 32.7 Å². The number of hydrogen-bond donors (Lipinski definition) is 1. The van der Waals surface area contributed by atoms with E-state index in [4.69, 9.17) is 5.11 Å². The van der Waals surface area contributed by atoms with Crippen LogP contribution in [-0.2, 0) is 11.3 Å². The van der Waals surface area contributed by atoms with Crippen molar-refractivity contribution in [3.63, 3.8) is 0 Å². The molecule has 5 heteroatoms. The Hall–Kier alpha value is -1.91. The Morgan fingerprint density at radius 1 is 1.56 bits per heavy atom. The minimum Gasteiger partial charge on any atom is -0.480 e. The van der Waals surface area contributed by atoms with Gasteiger partial charge in [0.2, 0.25) is 0 Å². The topological polar surface area (TPSA) is 72.2 Å². The summed E-state index contributed by atoms with van der Waals surface area (Å²) in [7, 11) is 0. The molecule has 0 spiro atoms. The molecule has 1 aromatic heterocycles. The lowest BCUT2D eigenvalue weighted by molar-refractivity contribution is -0.138. The highest BCUT2D eigenvalue weighted by Gasteiger charge is 2.14. The second kappa shape index (κ2) is 5.16. The third kappa shape index (κ3) is 2.85. The molecule has 0 radical (unpaired) electrons. The van der Waals surface area contributed by atoms with Gasteiger partial charge in [-0.05, 0) is 36.8 Å². The molecule has 0 aromatic carbocycles. The van der Waals surface area contributed by atoms with Crippen LogP contribution in [0, 0.1) is 5.92 Å². The standard InChI is InChI=1S/C13H16N2O3/c1-9-2-4-10(5-3-9)11-6-7-12(16)15(14-11)8-13(17)18/h4,6-7,9H,2-3,5,8H2,1H3,(H,17,18). The average Bonchev–Trinajstić information content (AvgIpc) is 2.32. The molecule has 0 fully saturated rings. The van der Waals surface area contributed by atoms with Gasteiger partial charge in [0, 0.05) is 6.07 Å². The first-order valence-electron chi connectivity index (χ1n) is 6.05. The summed E-state index contributed by atoms with van der Waals surface area (Å²) in [5.74, 6) is -0.383. The van der Waals surface area contributed by atoms with Crippen molar-refractivity contribution in [1.82, 2.24) is 9.78 Å². The van der Waals surface area contributed by atoms with Gasteiger partial charge >= 0.3 is 5.97 Å². The molecule has 5 nitrogen and oxygen atoms in total. The van der Waals surface area contributed by atoms with E-state index in [1.54, 1.807) is 6.07 Å². The average molecular weight is 248 g/mol. The zero-order valence-electron chi connectivity index (χ0n) is 10.3. The molecule has 0 saturated heterocycles. The van der Waals surface area contributed by atoms with Crippen LogP contribution >= 0.6 is 0 Å². The van der Waals surface area contributed by atoms with Gasteiger partial charge in [0.1, 0.15) is 6.54 Å². The molecule has 0 bridgehead atoms. The molecule has 1 unspecified atom stereocenters. The number of aromatic nitrogens is 2. The highest BCUT2D eigenvalue weighted by molar-refractivity contribution is 5.66. The van der Waals surface area contributed by atoms with E-state index >= 15 is 0 Å². The van der Waals surface area contributed by atoms with E-state index < -0.39 is 12.5 Å². The van der Waals surface area contributed by atoms with Gasteiger partial charge < -0.3 is 5.11 Å². The van der Waals surface area contributed by atoms with Crippen molar-refractivity contribution in [3.8, 4) is 0 Å². The summed E-state index contributed by atoms with van der Waals surface area (Å²) in [6, 6.07) is 3.05. The van der Waals surface area contributed by atoms with Gasteiger partial charge in [-0.2, -0.15) is 5.10 Å². The van der Waals surface area contributed by atoms with Crippen molar-refractivity contribution in [3.05, 3.63) is 34.3 Å². The Balaban J connectivity index is 2.29. The van der Waals surface area contributed by atoms with Crippen LogP contribution in [-0.4, -0.2) is 20.9 Å². The SMILES string of the molecule is CC1CC=C(c2ccc(=O)n(CC(=O)O)n2)CC1. The molecule has 0 amide bonds. The van der Waals surface area contributed by atoms with E-state index in [-0.39, 0.29) is 5.56 Å². The molecule has 0 saturated carbocycles. The minimum atomic E-state index is -1.06. The number of allylic oxidation sites excluding steroid dienone is 2. The maximum atomic E-state index is 11.5. The molecular weight excluding hydrogens is 232 g/mol. The molecule has 1 heterocycles. The Kier molecular flexibility index (Phi) is 3.60. The summed E-state index contributed by atoms with van der Waals surface area (Å²) in [6.45, 7) is 1.81. The summed E-state index contributed by atoms with van der Waals surface area (Å²) in [6.07, 6.45) is 5.17. The van der Waals surface area contributed by atoms with E-state index in [0.717, 1.165) is 29.5 Å². The number of aliphatic carboxylic acids is 1. The molecule has 96 valence electrons. The summed E-state index contributed by atoms with van der Waals surface area (Å²) >= 11 is 0. The maximum Gasteiger partial charge on any atom is 0.325 e. The third-order valence-electron chi connectivity index (χ3n) is 3.15. The van der Waals surface area contributed by atoms with E-state index in [1.807, 2.05) is 0 Å². The lowest BCUT2D eigenvalue weighted by Gasteiger charge is -2.18. The van der Waals surface area contributed by atoms with Crippen molar-refractivity contribution >= 4 is 11.5 Å². The monoisotopic (exact) mass is 248 g/mol. The molecule has 1 atom stereocenters. The van der Waals surface area contributed by atoms with E-state index in [9.17, 15) is 9.59 Å². The van der Waals surface area contributed by atoms with Gasteiger partial charge in [0.05, 0.1) is 5.69 Å². The van der Waals surface area contributed by atoms with Crippen LogP contribution in [0.3, 0.4) is 0 Å². The van der Waals surface area contributed by atoms with Crippen molar-refractivity contribution in [2.24, 2.45) is 5.92 Å². The molecule has 1 aliphatic carbocycles. The molecule has 1 N–H and O–H groups in total. The number of hydrogen-bond acceptors (Lipinski definition) is 3. The normalized spacial score (nSPS) is 19.4. The van der Waals surface area contributed by atoms with Gasteiger partial charge in [-0.1, -0.05) is 13.0 Å². The summed E-state index contributed by atoms with van der Waals surface area (Å²) in [4.78, 5) is 22.1. The number of carbonyl (C=O) groups is 1. The highest BCUT2D eigenvalue weighted by Crippen LogP contribution is 2.28. The van der Waals surface area contributed by atoms with Gasteiger partial charge in [-0.3, -0.25) is 9.59 Å². The van der Waals surface area contributed by atoms with E-state index in [1.165, 1.54) is 6.07 Å². The second-order valence-corrected chi connectivity index (χ2v) is 4.72. The first-order valence-corrected chi connectivity index (χ1v) is 6.05. The lowest BCUT2D eigenvalue weighted by Crippen LogP contribution is -2.26. The number of carboxylic acids is 1. The Morgan fingerprint density at radius 3 is 2.94 bits per heavy atom. The minimum absolute atomic E-state index is 0.383. The van der Waals surface area contributed by atoms with Crippen LogP contribution in [0.15, 0.2) is 23.0 Å². The molecule has 1 aromatic rings. The molecule has 1 aliphatic rings. The fourth-order valence-corrected chi connectivity index (χ4v) is 2.06. The summed E-state index contributed by atoms with van der Waals surface area (Å²) < 4.78 is 0.997. The quantitative estimate of drug-likeness (QED) is 0.880. The zero-order valence-corrected chi connectivity index (χ0v) is 10.3. The van der Waals surface area contributed by atoms with Crippen molar-refractivity contribution in [2.75, 3.05) is 0 Å². The van der Waals surface area contributed by atoms with Crippen molar-refractivity contribution < 1.29 is 9.90 Å². The van der Waals surface area contributed by atoms with Crippen LogP contribution in [0.4, 0.5) is 0 Å². The van der Waals surface area contributed by atoms with Crippen LogP contribution in [0.25, 0.3) is 5.57 Å². The second-order valence-electron chi connectivity index (χ2n) is 4.72. The number of carboxylic acid groups (broad SMARTS) is 1. The molecular formula is C13H16N2O3. The fourth-order valence-electron chi connectivity index (χ4n) is 2.06. The first kappa shape index (κ1) is 12.5. The molecule has 0 aliphatic heterocycles. The zero-order chi connectivity index (χ0) is 13.1. The molecule has 2 rings (SSSR count). The number of nitrogens with zero attached hydrogens (tertiary/aromatic N) is 2. The van der Waals surface area contributed by atoms with E-state index in [0.29, 0.717) is 11.6 Å². The van der Waals surface area contributed by atoms with Crippen LogP contribution in [0.5, 0.6) is 0 Å². The van der Waals surface area contributed by atoms with Gasteiger partial charge in [-0.15, -0.1) is 0 Å². The Bertz CT molecular complexity index is 545. The van der Waals surface area contributed by atoms with Crippen LogP contribution in [0.1, 0.15) is 31.9 Å². The van der Waals surface area contributed by atoms with Gasteiger partial charge in [0.15, 0.2) is 0 Å².